The van der Waals surface area contributed by atoms with E-state index in [4.69, 9.17) is 9.47 Å². The summed E-state index contributed by atoms with van der Waals surface area (Å²) in [6, 6.07) is 3.20. The van der Waals surface area contributed by atoms with Crippen LogP contribution in [-0.4, -0.2) is 34.3 Å². The van der Waals surface area contributed by atoms with Crippen LogP contribution in [0.15, 0.2) is 23.1 Å². The fraction of sp³-hybridized carbons (Fsp3) is 0.538. The molecule has 0 aliphatic carbocycles. The van der Waals surface area contributed by atoms with E-state index in [1.54, 1.807) is 6.92 Å². The van der Waals surface area contributed by atoms with Crippen molar-refractivity contribution in [1.29, 1.82) is 0 Å². The molecule has 0 amide bonds. The minimum absolute atomic E-state index is 0.0103. The zero-order chi connectivity index (χ0) is 14.8. The van der Waals surface area contributed by atoms with Crippen LogP contribution in [0.3, 0.4) is 0 Å². The quantitative estimate of drug-likeness (QED) is 0.899. The second-order valence-electron chi connectivity index (χ2n) is 4.76. The number of benzene rings is 1. The number of halogens is 1. The van der Waals surface area contributed by atoms with Gasteiger partial charge >= 0.3 is 0 Å². The highest BCUT2D eigenvalue weighted by atomic mass is 32.2. The summed E-state index contributed by atoms with van der Waals surface area (Å²) in [5, 5.41) is 0. The molecular weight excluding hydrogens is 285 g/mol. The molecule has 1 aliphatic rings. The van der Waals surface area contributed by atoms with E-state index in [1.807, 2.05) is 0 Å². The van der Waals surface area contributed by atoms with Crippen LogP contribution in [0.4, 0.5) is 4.39 Å². The topological polar surface area (TPSA) is 64.6 Å². The van der Waals surface area contributed by atoms with Gasteiger partial charge in [-0.3, -0.25) is 0 Å². The third-order valence-electron chi connectivity index (χ3n) is 3.30. The van der Waals surface area contributed by atoms with Crippen molar-refractivity contribution < 1.29 is 22.3 Å². The summed E-state index contributed by atoms with van der Waals surface area (Å²) in [4.78, 5) is -0.124. The Bertz CT molecular complexity index is 570. The number of sulfonamides is 1. The molecule has 7 heteroatoms. The van der Waals surface area contributed by atoms with Crippen molar-refractivity contribution >= 4 is 10.0 Å². The molecule has 1 aliphatic heterocycles. The Morgan fingerprint density at radius 3 is 2.80 bits per heavy atom. The van der Waals surface area contributed by atoms with Crippen molar-refractivity contribution in [3.63, 3.8) is 0 Å². The third kappa shape index (κ3) is 3.28. The molecule has 0 saturated carbocycles. The summed E-state index contributed by atoms with van der Waals surface area (Å²) in [7, 11) is -2.45. The fourth-order valence-corrected chi connectivity index (χ4v) is 3.48. The van der Waals surface area contributed by atoms with Gasteiger partial charge in [0.2, 0.25) is 10.0 Å². The fourth-order valence-electron chi connectivity index (χ4n) is 2.20. The molecule has 0 radical (unpaired) electrons. The maximum atomic E-state index is 13.6. The van der Waals surface area contributed by atoms with Gasteiger partial charge in [-0.25, -0.2) is 17.5 Å². The van der Waals surface area contributed by atoms with E-state index in [1.165, 1.54) is 19.2 Å². The predicted octanol–water partition coefficient (Wildman–Crippen LogP) is 1.68. The van der Waals surface area contributed by atoms with E-state index in [2.05, 4.69) is 4.72 Å². The van der Waals surface area contributed by atoms with Crippen LogP contribution >= 0.6 is 0 Å². The van der Waals surface area contributed by atoms with Crippen LogP contribution < -0.4 is 9.46 Å². The SMILES string of the molecule is COc1ccc(S(=O)(=O)N[C@@H](C)[C@H]2CCCO2)cc1F. The van der Waals surface area contributed by atoms with Crippen molar-refractivity contribution in [1.82, 2.24) is 4.72 Å². The van der Waals surface area contributed by atoms with Gasteiger partial charge in [0.15, 0.2) is 11.6 Å². The van der Waals surface area contributed by atoms with Gasteiger partial charge in [-0.2, -0.15) is 0 Å². The zero-order valence-electron chi connectivity index (χ0n) is 11.4. The van der Waals surface area contributed by atoms with Crippen molar-refractivity contribution in [2.45, 2.75) is 36.8 Å². The molecule has 112 valence electrons. The first-order valence-electron chi connectivity index (χ1n) is 6.41. The summed E-state index contributed by atoms with van der Waals surface area (Å²) in [6.45, 7) is 2.39. The lowest BCUT2D eigenvalue weighted by Gasteiger charge is -2.20. The lowest BCUT2D eigenvalue weighted by Crippen LogP contribution is -2.40. The van der Waals surface area contributed by atoms with E-state index in [-0.39, 0.29) is 22.8 Å². The maximum absolute atomic E-state index is 13.6. The second-order valence-corrected chi connectivity index (χ2v) is 6.47. The lowest BCUT2D eigenvalue weighted by molar-refractivity contribution is 0.0902. The molecule has 1 aromatic carbocycles. The minimum atomic E-state index is -3.77. The highest BCUT2D eigenvalue weighted by Gasteiger charge is 2.27. The van der Waals surface area contributed by atoms with Crippen LogP contribution in [0, 0.1) is 5.82 Å². The van der Waals surface area contributed by atoms with Gasteiger partial charge in [0.05, 0.1) is 18.1 Å². The molecule has 0 aromatic heterocycles. The van der Waals surface area contributed by atoms with Gasteiger partial charge in [0, 0.05) is 12.6 Å². The molecule has 20 heavy (non-hydrogen) atoms. The van der Waals surface area contributed by atoms with E-state index in [0.717, 1.165) is 18.9 Å². The predicted molar refractivity (Wildman–Crippen MR) is 71.7 cm³/mol. The monoisotopic (exact) mass is 303 g/mol. The molecule has 2 atom stereocenters. The third-order valence-corrected chi connectivity index (χ3v) is 4.85. The first-order chi connectivity index (χ1) is 9.44. The van der Waals surface area contributed by atoms with Gasteiger partial charge in [-0.15, -0.1) is 0 Å². The number of hydrogen-bond acceptors (Lipinski definition) is 4. The Morgan fingerprint density at radius 2 is 2.25 bits per heavy atom. The normalized spacial score (nSPS) is 20.9. The summed E-state index contributed by atoms with van der Waals surface area (Å²) >= 11 is 0. The van der Waals surface area contributed by atoms with Gasteiger partial charge in [-0.1, -0.05) is 0 Å². The number of hydrogen-bond donors (Lipinski definition) is 1. The maximum Gasteiger partial charge on any atom is 0.241 e. The largest absolute Gasteiger partial charge is 0.494 e. The average molecular weight is 303 g/mol. The number of rotatable bonds is 5. The van der Waals surface area contributed by atoms with Crippen LogP contribution in [0.2, 0.25) is 0 Å². The summed E-state index contributed by atoms with van der Waals surface area (Å²) in [5.74, 6) is -0.698. The molecule has 2 rings (SSSR count). The van der Waals surface area contributed by atoms with Crippen molar-refractivity contribution in [2.24, 2.45) is 0 Å². The highest BCUT2D eigenvalue weighted by molar-refractivity contribution is 7.89. The van der Waals surface area contributed by atoms with Crippen LogP contribution in [-0.2, 0) is 14.8 Å². The second kappa shape index (κ2) is 6.07. The number of nitrogens with one attached hydrogen (secondary N) is 1. The summed E-state index contributed by atoms with van der Waals surface area (Å²) in [5.41, 5.74) is 0. The van der Waals surface area contributed by atoms with Gasteiger partial charge in [0.1, 0.15) is 0 Å². The Hall–Kier alpha value is -1.18. The van der Waals surface area contributed by atoms with Crippen molar-refractivity contribution in [3.05, 3.63) is 24.0 Å². The standard InChI is InChI=1S/C13H18FNO4S/c1-9(12-4-3-7-19-12)15-20(16,17)10-5-6-13(18-2)11(14)8-10/h5-6,8-9,12,15H,3-4,7H2,1-2H3/t9-,12+/m0/s1. The Labute approximate surface area is 118 Å². The van der Waals surface area contributed by atoms with Crippen molar-refractivity contribution in [3.8, 4) is 5.75 Å². The van der Waals surface area contributed by atoms with Crippen LogP contribution in [0.25, 0.3) is 0 Å². The van der Waals surface area contributed by atoms with Crippen LogP contribution in [0.1, 0.15) is 19.8 Å². The van der Waals surface area contributed by atoms with E-state index in [0.29, 0.717) is 6.61 Å². The molecule has 0 spiro atoms. The van der Waals surface area contributed by atoms with E-state index >= 15 is 0 Å². The Kier molecular flexibility index (Phi) is 4.62. The molecular formula is C13H18FNO4S. The lowest BCUT2D eigenvalue weighted by atomic mass is 10.1. The Morgan fingerprint density at radius 1 is 1.50 bits per heavy atom. The molecule has 0 unspecified atom stereocenters. The number of ether oxygens (including phenoxy) is 2. The van der Waals surface area contributed by atoms with Gasteiger partial charge in [-0.05, 0) is 38.0 Å². The summed E-state index contributed by atoms with van der Waals surface area (Å²) < 4.78 is 50.7. The van der Waals surface area contributed by atoms with Gasteiger partial charge < -0.3 is 9.47 Å². The van der Waals surface area contributed by atoms with Gasteiger partial charge in [0.25, 0.3) is 0 Å². The molecule has 1 N–H and O–H groups in total. The highest BCUT2D eigenvalue weighted by Crippen LogP contribution is 2.22. The number of methoxy groups -OCH3 is 1. The average Bonchev–Trinajstić information content (AvgIpc) is 2.92. The molecule has 1 aromatic rings. The van der Waals surface area contributed by atoms with E-state index in [9.17, 15) is 12.8 Å². The van der Waals surface area contributed by atoms with Crippen molar-refractivity contribution in [2.75, 3.05) is 13.7 Å². The first-order valence-corrected chi connectivity index (χ1v) is 7.90. The molecule has 1 fully saturated rings. The molecule has 1 saturated heterocycles. The zero-order valence-corrected chi connectivity index (χ0v) is 12.2. The minimum Gasteiger partial charge on any atom is -0.494 e. The van der Waals surface area contributed by atoms with E-state index < -0.39 is 15.8 Å². The molecule has 5 nitrogen and oxygen atoms in total. The molecule has 1 heterocycles. The van der Waals surface area contributed by atoms with Crippen LogP contribution in [0.5, 0.6) is 5.75 Å². The Balaban J connectivity index is 2.15. The molecule has 0 bridgehead atoms. The first kappa shape index (κ1) is 15.2. The smallest absolute Gasteiger partial charge is 0.241 e. The summed E-state index contributed by atoms with van der Waals surface area (Å²) in [6.07, 6.45) is 1.61.